The molecule has 0 N–H and O–H groups in total. The molecule has 0 aromatic heterocycles. The predicted molar refractivity (Wildman–Crippen MR) is 61.2 cm³/mol. The zero-order valence-electron chi connectivity index (χ0n) is 8.35. The smallest absolute Gasteiger partial charge is 0.0653 e. The molecule has 2 unspecified atom stereocenters. The summed E-state index contributed by atoms with van der Waals surface area (Å²) in [6, 6.07) is 0. The van der Waals surface area contributed by atoms with Crippen LogP contribution in [0.25, 0.3) is 0 Å². The summed E-state index contributed by atoms with van der Waals surface area (Å²) in [6.07, 6.45) is 5.94. The highest BCUT2D eigenvalue weighted by molar-refractivity contribution is 9.09. The molecule has 0 aliphatic rings. The first-order valence-electron chi connectivity index (χ1n) is 5.02. The Hall–Kier alpha value is 0.545. The Bertz CT molecular complexity index is 89.8. The summed E-state index contributed by atoms with van der Waals surface area (Å²) < 4.78 is 0. The molecule has 0 saturated heterocycles. The second-order valence-electron chi connectivity index (χ2n) is 3.58. The summed E-state index contributed by atoms with van der Waals surface area (Å²) in [7, 11) is 5.58. The SMILES string of the molecule is [B]CCC(CCBr)C(C)CCC. The van der Waals surface area contributed by atoms with Gasteiger partial charge in [0, 0.05) is 5.33 Å². The highest BCUT2D eigenvalue weighted by Crippen LogP contribution is 2.25. The molecule has 0 aliphatic carbocycles. The van der Waals surface area contributed by atoms with Crippen LogP contribution in [0.15, 0.2) is 0 Å². The van der Waals surface area contributed by atoms with Crippen molar-refractivity contribution in [2.75, 3.05) is 5.33 Å². The van der Waals surface area contributed by atoms with E-state index >= 15 is 0 Å². The molecule has 0 heterocycles. The molecule has 0 spiro atoms. The molecule has 0 bridgehead atoms. The molecule has 12 heavy (non-hydrogen) atoms. The lowest BCUT2D eigenvalue weighted by atomic mass is 9.81. The van der Waals surface area contributed by atoms with E-state index in [1.807, 2.05) is 0 Å². The lowest BCUT2D eigenvalue weighted by Crippen LogP contribution is -2.12. The van der Waals surface area contributed by atoms with Crippen molar-refractivity contribution in [2.45, 2.75) is 45.9 Å². The molecule has 0 rings (SSSR count). The Morgan fingerprint density at radius 2 is 1.92 bits per heavy atom. The quantitative estimate of drug-likeness (QED) is 0.461. The molecule has 0 aliphatic heterocycles. The molecule has 70 valence electrons. The number of hydrogen-bond donors (Lipinski definition) is 0. The fourth-order valence-corrected chi connectivity index (χ4v) is 2.35. The van der Waals surface area contributed by atoms with E-state index in [0.717, 1.165) is 23.5 Å². The van der Waals surface area contributed by atoms with Gasteiger partial charge in [-0.15, -0.1) is 0 Å². The van der Waals surface area contributed by atoms with Crippen molar-refractivity contribution in [1.29, 1.82) is 0 Å². The summed E-state index contributed by atoms with van der Waals surface area (Å²) >= 11 is 3.50. The lowest BCUT2D eigenvalue weighted by molar-refractivity contribution is 0.319. The van der Waals surface area contributed by atoms with Gasteiger partial charge in [-0.3, -0.25) is 0 Å². The van der Waals surface area contributed by atoms with E-state index in [0.29, 0.717) is 0 Å². The van der Waals surface area contributed by atoms with Crippen molar-refractivity contribution in [3.8, 4) is 0 Å². The molecule has 2 radical (unpaired) electrons. The summed E-state index contributed by atoms with van der Waals surface area (Å²) in [4.78, 5) is 0. The molecule has 0 amide bonds. The van der Waals surface area contributed by atoms with Gasteiger partial charge in [-0.2, -0.15) is 0 Å². The molecule has 0 aromatic carbocycles. The highest BCUT2D eigenvalue weighted by atomic mass is 79.9. The van der Waals surface area contributed by atoms with Crippen LogP contribution in [0.1, 0.15) is 39.5 Å². The predicted octanol–water partition coefficient (Wildman–Crippen LogP) is 3.80. The first-order chi connectivity index (χ1) is 5.76. The Labute approximate surface area is 87.0 Å². The zero-order valence-corrected chi connectivity index (χ0v) is 9.94. The number of alkyl halides is 1. The van der Waals surface area contributed by atoms with Gasteiger partial charge in [0.2, 0.25) is 0 Å². The van der Waals surface area contributed by atoms with Crippen molar-refractivity contribution in [2.24, 2.45) is 11.8 Å². The summed E-state index contributed by atoms with van der Waals surface area (Å²) in [5.41, 5.74) is 0. The van der Waals surface area contributed by atoms with Gasteiger partial charge in [0.15, 0.2) is 0 Å². The largest absolute Gasteiger partial charge is 0.0928 e. The highest BCUT2D eigenvalue weighted by Gasteiger charge is 2.14. The van der Waals surface area contributed by atoms with Gasteiger partial charge in [-0.1, -0.05) is 55.4 Å². The van der Waals surface area contributed by atoms with Gasteiger partial charge in [0.25, 0.3) is 0 Å². The van der Waals surface area contributed by atoms with Crippen molar-refractivity contribution in [1.82, 2.24) is 0 Å². The summed E-state index contributed by atoms with van der Waals surface area (Å²) in [5.74, 6) is 1.67. The molecule has 0 saturated carbocycles. The molecule has 0 nitrogen and oxygen atoms in total. The first kappa shape index (κ1) is 12.5. The minimum Gasteiger partial charge on any atom is -0.0928 e. The molecular formula is C10H20BBr. The molecular weight excluding hydrogens is 211 g/mol. The number of hydrogen-bond acceptors (Lipinski definition) is 0. The van der Waals surface area contributed by atoms with Crippen LogP contribution < -0.4 is 0 Å². The monoisotopic (exact) mass is 230 g/mol. The number of rotatable bonds is 7. The van der Waals surface area contributed by atoms with E-state index in [2.05, 4.69) is 29.8 Å². The summed E-state index contributed by atoms with van der Waals surface area (Å²) in [6.45, 7) is 4.61. The standard InChI is InChI=1S/C10H20BBr/c1-3-4-9(2)10(5-7-11)6-8-12/h9-10H,3-8H2,1-2H3. The average Bonchev–Trinajstić information content (AvgIpc) is 2.04. The van der Waals surface area contributed by atoms with E-state index in [-0.39, 0.29) is 0 Å². The van der Waals surface area contributed by atoms with Crippen LogP contribution in [-0.4, -0.2) is 13.2 Å². The van der Waals surface area contributed by atoms with Gasteiger partial charge in [0.1, 0.15) is 0 Å². The fraction of sp³-hybridized carbons (Fsp3) is 1.00. The maximum Gasteiger partial charge on any atom is 0.0653 e. The fourth-order valence-electron chi connectivity index (χ4n) is 1.76. The first-order valence-corrected chi connectivity index (χ1v) is 6.14. The van der Waals surface area contributed by atoms with E-state index in [9.17, 15) is 0 Å². The Morgan fingerprint density at radius 1 is 1.25 bits per heavy atom. The van der Waals surface area contributed by atoms with Crippen molar-refractivity contribution in [3.05, 3.63) is 0 Å². The van der Waals surface area contributed by atoms with Gasteiger partial charge in [-0.25, -0.2) is 0 Å². The van der Waals surface area contributed by atoms with Crippen molar-refractivity contribution >= 4 is 23.8 Å². The summed E-state index contributed by atoms with van der Waals surface area (Å²) in [5, 5.41) is 1.12. The van der Waals surface area contributed by atoms with E-state index < -0.39 is 0 Å². The topological polar surface area (TPSA) is 0 Å². The van der Waals surface area contributed by atoms with Crippen LogP contribution in [0.2, 0.25) is 6.32 Å². The van der Waals surface area contributed by atoms with Gasteiger partial charge >= 0.3 is 0 Å². The zero-order chi connectivity index (χ0) is 9.40. The van der Waals surface area contributed by atoms with Crippen LogP contribution in [0.3, 0.4) is 0 Å². The molecule has 0 fully saturated rings. The minimum atomic E-state index is 0.828. The van der Waals surface area contributed by atoms with E-state index in [1.54, 1.807) is 0 Å². The Morgan fingerprint density at radius 3 is 2.33 bits per heavy atom. The van der Waals surface area contributed by atoms with E-state index in [1.165, 1.54) is 25.7 Å². The third-order valence-corrected chi connectivity index (χ3v) is 3.02. The van der Waals surface area contributed by atoms with Crippen LogP contribution in [0.4, 0.5) is 0 Å². The maximum atomic E-state index is 5.58. The van der Waals surface area contributed by atoms with Gasteiger partial charge < -0.3 is 0 Å². The molecule has 2 heteroatoms. The second-order valence-corrected chi connectivity index (χ2v) is 4.37. The van der Waals surface area contributed by atoms with Gasteiger partial charge in [0.05, 0.1) is 7.85 Å². The second kappa shape index (κ2) is 8.16. The third kappa shape index (κ3) is 5.24. The van der Waals surface area contributed by atoms with Crippen LogP contribution in [0.5, 0.6) is 0 Å². The molecule has 0 aromatic rings. The Balaban J connectivity index is 3.72. The van der Waals surface area contributed by atoms with Crippen molar-refractivity contribution < 1.29 is 0 Å². The van der Waals surface area contributed by atoms with Gasteiger partial charge in [-0.05, 0) is 18.3 Å². The maximum absolute atomic E-state index is 5.58. The van der Waals surface area contributed by atoms with Crippen molar-refractivity contribution in [3.63, 3.8) is 0 Å². The molecule has 2 atom stereocenters. The lowest BCUT2D eigenvalue weighted by Gasteiger charge is -2.22. The van der Waals surface area contributed by atoms with Crippen LogP contribution >= 0.6 is 15.9 Å². The third-order valence-electron chi connectivity index (χ3n) is 2.57. The van der Waals surface area contributed by atoms with Crippen LogP contribution in [-0.2, 0) is 0 Å². The Kier molecular flexibility index (Phi) is 8.53. The number of halogens is 1. The average molecular weight is 231 g/mol. The van der Waals surface area contributed by atoms with Crippen LogP contribution in [0, 0.1) is 11.8 Å². The normalized spacial score (nSPS) is 15.9. The van der Waals surface area contributed by atoms with E-state index in [4.69, 9.17) is 7.85 Å². The minimum absolute atomic E-state index is 0.828.